The lowest BCUT2D eigenvalue weighted by atomic mass is 10.1. The van der Waals surface area contributed by atoms with Crippen molar-refractivity contribution in [1.29, 1.82) is 0 Å². The number of aryl methyl sites for hydroxylation is 1. The van der Waals surface area contributed by atoms with E-state index in [0.29, 0.717) is 35.7 Å². The van der Waals surface area contributed by atoms with Gasteiger partial charge in [-0.2, -0.15) is 9.40 Å². The summed E-state index contributed by atoms with van der Waals surface area (Å²) in [5.41, 5.74) is 1.70. The summed E-state index contributed by atoms with van der Waals surface area (Å²) in [6, 6.07) is 8.29. The molecule has 1 N–H and O–H groups in total. The second-order valence-electron chi connectivity index (χ2n) is 6.19. The van der Waals surface area contributed by atoms with E-state index in [0.717, 1.165) is 18.7 Å². The molecular formula is C17H22N4O3S. The largest absolute Gasteiger partial charge is 0.304 e. The number of nitrogens with one attached hydrogen (secondary N) is 1. The summed E-state index contributed by atoms with van der Waals surface area (Å²) in [6.07, 6.45) is 0.627. The Morgan fingerprint density at radius 3 is 2.44 bits per heavy atom. The second-order valence-corrected chi connectivity index (χ2v) is 8.10. The number of aromatic amines is 1. The number of aromatic nitrogens is 2. The average Bonchev–Trinajstić information content (AvgIpc) is 2.62. The van der Waals surface area contributed by atoms with Crippen LogP contribution in [0.1, 0.15) is 12.5 Å². The highest BCUT2D eigenvalue weighted by molar-refractivity contribution is 7.89. The molecule has 0 radical (unpaired) electrons. The fourth-order valence-electron chi connectivity index (χ4n) is 2.92. The van der Waals surface area contributed by atoms with Gasteiger partial charge in [0.25, 0.3) is 5.56 Å². The van der Waals surface area contributed by atoms with Gasteiger partial charge in [0.05, 0.1) is 10.6 Å². The predicted molar refractivity (Wildman–Crippen MR) is 95.9 cm³/mol. The fraction of sp³-hybridized carbons (Fsp3) is 0.412. The minimum atomic E-state index is -3.56. The molecular weight excluding hydrogens is 340 g/mol. The molecule has 1 aliphatic heterocycles. The first-order valence-corrected chi connectivity index (χ1v) is 9.73. The van der Waals surface area contributed by atoms with Crippen molar-refractivity contribution < 1.29 is 8.42 Å². The molecule has 25 heavy (non-hydrogen) atoms. The zero-order valence-electron chi connectivity index (χ0n) is 14.4. The summed E-state index contributed by atoms with van der Waals surface area (Å²) < 4.78 is 27.8. The molecule has 2 aromatic rings. The summed E-state index contributed by atoms with van der Waals surface area (Å²) in [5.74, 6) is 0. The Kier molecular flexibility index (Phi) is 5.03. The molecule has 8 heteroatoms. The maximum absolute atomic E-state index is 13.1. The molecule has 0 aliphatic carbocycles. The summed E-state index contributed by atoms with van der Waals surface area (Å²) >= 11 is 0. The molecule has 1 aromatic carbocycles. The van der Waals surface area contributed by atoms with Crippen molar-refractivity contribution in [2.75, 3.05) is 33.2 Å². The molecule has 0 atom stereocenters. The molecule has 1 aromatic heterocycles. The molecule has 134 valence electrons. The number of rotatable bonds is 4. The van der Waals surface area contributed by atoms with E-state index >= 15 is 0 Å². The Hall–Kier alpha value is -2.03. The first kappa shape index (κ1) is 17.8. The number of hydrogen-bond acceptors (Lipinski definition) is 5. The van der Waals surface area contributed by atoms with Crippen molar-refractivity contribution >= 4 is 10.0 Å². The van der Waals surface area contributed by atoms with Gasteiger partial charge in [0, 0.05) is 37.8 Å². The molecule has 0 saturated carbocycles. The van der Waals surface area contributed by atoms with Gasteiger partial charge in [0.2, 0.25) is 10.0 Å². The van der Waals surface area contributed by atoms with E-state index in [2.05, 4.69) is 15.1 Å². The monoisotopic (exact) mass is 362 g/mol. The van der Waals surface area contributed by atoms with Crippen LogP contribution in [0.5, 0.6) is 0 Å². The number of nitrogens with zero attached hydrogens (tertiary/aromatic N) is 3. The van der Waals surface area contributed by atoms with Crippen LogP contribution in [0.4, 0.5) is 0 Å². The van der Waals surface area contributed by atoms with Gasteiger partial charge in [-0.05, 0) is 31.2 Å². The number of H-pyrrole nitrogens is 1. The lowest BCUT2D eigenvalue weighted by Crippen LogP contribution is -2.47. The highest BCUT2D eigenvalue weighted by Gasteiger charge is 2.29. The lowest BCUT2D eigenvalue weighted by molar-refractivity contribution is 0.222. The lowest BCUT2D eigenvalue weighted by Gasteiger charge is -2.32. The van der Waals surface area contributed by atoms with Crippen LogP contribution in [0.3, 0.4) is 0 Å². The predicted octanol–water partition coefficient (Wildman–Crippen LogP) is 0.935. The van der Waals surface area contributed by atoms with Gasteiger partial charge in [-0.25, -0.2) is 13.5 Å². The maximum atomic E-state index is 13.1. The van der Waals surface area contributed by atoms with E-state index in [9.17, 15) is 13.2 Å². The first-order chi connectivity index (χ1) is 11.9. The molecule has 0 amide bonds. The van der Waals surface area contributed by atoms with Crippen molar-refractivity contribution in [3.8, 4) is 11.3 Å². The number of piperazine rings is 1. The van der Waals surface area contributed by atoms with Gasteiger partial charge in [-0.15, -0.1) is 0 Å². The Morgan fingerprint density at radius 1 is 1.12 bits per heavy atom. The van der Waals surface area contributed by atoms with Gasteiger partial charge in [0.1, 0.15) is 0 Å². The Labute approximate surface area is 147 Å². The van der Waals surface area contributed by atoms with E-state index in [1.165, 1.54) is 6.07 Å². The van der Waals surface area contributed by atoms with E-state index in [-0.39, 0.29) is 5.56 Å². The standard InChI is InChI=1S/C17H22N4O3S/c1-3-13-4-5-14(15-6-7-17(22)19-18-15)12-16(13)25(23,24)21-10-8-20(2)9-11-21/h4-7,12H,3,8-11H2,1-2H3,(H,19,22). The van der Waals surface area contributed by atoms with Crippen molar-refractivity contribution in [2.24, 2.45) is 0 Å². The van der Waals surface area contributed by atoms with Crippen molar-refractivity contribution in [1.82, 2.24) is 19.4 Å². The molecule has 1 fully saturated rings. The smallest absolute Gasteiger partial charge is 0.264 e. The third kappa shape index (κ3) is 3.65. The molecule has 0 unspecified atom stereocenters. The van der Waals surface area contributed by atoms with E-state index in [1.807, 2.05) is 26.1 Å². The van der Waals surface area contributed by atoms with Crippen LogP contribution >= 0.6 is 0 Å². The van der Waals surface area contributed by atoms with Crippen molar-refractivity contribution in [2.45, 2.75) is 18.2 Å². The second kappa shape index (κ2) is 7.07. The highest BCUT2D eigenvalue weighted by atomic mass is 32.2. The van der Waals surface area contributed by atoms with Crippen LogP contribution in [0.2, 0.25) is 0 Å². The van der Waals surface area contributed by atoms with Gasteiger partial charge < -0.3 is 4.90 Å². The third-order valence-corrected chi connectivity index (χ3v) is 6.48. The summed E-state index contributed by atoms with van der Waals surface area (Å²) in [6.45, 7) is 4.37. The van der Waals surface area contributed by atoms with Crippen LogP contribution in [0.25, 0.3) is 11.3 Å². The van der Waals surface area contributed by atoms with Crippen LogP contribution < -0.4 is 5.56 Å². The minimum absolute atomic E-state index is 0.292. The molecule has 7 nitrogen and oxygen atoms in total. The van der Waals surface area contributed by atoms with Gasteiger partial charge in [-0.1, -0.05) is 19.1 Å². The average molecular weight is 362 g/mol. The minimum Gasteiger partial charge on any atom is -0.304 e. The molecule has 0 bridgehead atoms. The van der Waals surface area contributed by atoms with E-state index in [1.54, 1.807) is 16.4 Å². The zero-order valence-corrected chi connectivity index (χ0v) is 15.2. The van der Waals surface area contributed by atoms with E-state index < -0.39 is 10.0 Å². The van der Waals surface area contributed by atoms with Crippen LogP contribution in [-0.2, 0) is 16.4 Å². The Balaban J connectivity index is 2.03. The van der Waals surface area contributed by atoms with Crippen molar-refractivity contribution in [3.63, 3.8) is 0 Å². The van der Waals surface area contributed by atoms with Crippen molar-refractivity contribution in [3.05, 3.63) is 46.2 Å². The van der Waals surface area contributed by atoms with E-state index in [4.69, 9.17) is 0 Å². The highest BCUT2D eigenvalue weighted by Crippen LogP contribution is 2.27. The normalized spacial score (nSPS) is 16.9. The number of benzene rings is 1. The van der Waals surface area contributed by atoms with Crippen LogP contribution in [-0.4, -0.2) is 61.0 Å². The topological polar surface area (TPSA) is 86.4 Å². The number of likely N-dealkylation sites (N-methyl/N-ethyl adjacent to an activating group) is 1. The Morgan fingerprint density at radius 2 is 1.84 bits per heavy atom. The number of sulfonamides is 1. The third-order valence-electron chi connectivity index (χ3n) is 4.50. The van der Waals surface area contributed by atoms with Gasteiger partial charge >= 0.3 is 0 Å². The quantitative estimate of drug-likeness (QED) is 0.875. The molecule has 3 rings (SSSR count). The molecule has 1 aliphatic rings. The Bertz CT molecular complexity index is 895. The maximum Gasteiger partial charge on any atom is 0.264 e. The zero-order chi connectivity index (χ0) is 18.0. The van der Waals surface area contributed by atoms with Crippen LogP contribution in [0, 0.1) is 0 Å². The summed E-state index contributed by atoms with van der Waals surface area (Å²) in [4.78, 5) is 13.6. The van der Waals surface area contributed by atoms with Crippen LogP contribution in [0.15, 0.2) is 40.0 Å². The summed E-state index contributed by atoms with van der Waals surface area (Å²) in [7, 11) is -1.57. The molecule has 2 heterocycles. The van der Waals surface area contributed by atoms with Gasteiger partial charge in [-0.3, -0.25) is 4.79 Å². The molecule has 0 spiro atoms. The summed E-state index contributed by atoms with van der Waals surface area (Å²) in [5, 5.41) is 6.38. The molecule has 1 saturated heterocycles. The first-order valence-electron chi connectivity index (χ1n) is 8.29. The fourth-order valence-corrected chi connectivity index (χ4v) is 4.66. The number of hydrogen-bond donors (Lipinski definition) is 1. The SMILES string of the molecule is CCc1ccc(-c2ccc(=O)[nH]n2)cc1S(=O)(=O)N1CCN(C)CC1. The van der Waals surface area contributed by atoms with Gasteiger partial charge in [0.15, 0.2) is 0 Å².